The minimum atomic E-state index is 0.312. The number of hydrogen-bond donors (Lipinski definition) is 0. The number of hydrogen-bond acceptors (Lipinski definition) is 6. The van der Waals surface area contributed by atoms with E-state index in [2.05, 4.69) is 80.0 Å². The highest BCUT2D eigenvalue weighted by atomic mass is 16.2. The van der Waals surface area contributed by atoms with Crippen molar-refractivity contribution in [3.63, 3.8) is 0 Å². The van der Waals surface area contributed by atoms with Crippen LogP contribution in [0.3, 0.4) is 0 Å². The lowest BCUT2D eigenvalue weighted by atomic mass is 9.99. The van der Waals surface area contributed by atoms with Crippen LogP contribution in [-0.2, 0) is 4.79 Å². The fourth-order valence-electron chi connectivity index (χ4n) is 5.86. The molecule has 35 heavy (non-hydrogen) atoms. The number of hydrazone groups is 1. The summed E-state index contributed by atoms with van der Waals surface area (Å²) < 4.78 is 0. The molecule has 7 heteroatoms. The molecule has 0 aromatic heterocycles. The highest BCUT2D eigenvalue weighted by molar-refractivity contribution is 5.81. The van der Waals surface area contributed by atoms with Gasteiger partial charge < -0.3 is 14.7 Å². The second kappa shape index (κ2) is 9.34. The van der Waals surface area contributed by atoms with E-state index in [0.29, 0.717) is 23.8 Å². The lowest BCUT2D eigenvalue weighted by Gasteiger charge is -2.39. The van der Waals surface area contributed by atoms with Crippen molar-refractivity contribution < 1.29 is 4.79 Å². The van der Waals surface area contributed by atoms with Crippen molar-refractivity contribution in [2.75, 3.05) is 63.8 Å². The minimum Gasteiger partial charge on any atom is -0.369 e. The van der Waals surface area contributed by atoms with Crippen molar-refractivity contribution in [3.8, 4) is 0 Å². The van der Waals surface area contributed by atoms with Crippen LogP contribution in [0.1, 0.15) is 38.2 Å². The van der Waals surface area contributed by atoms with Crippen LogP contribution in [-0.4, -0.2) is 96.8 Å². The predicted molar refractivity (Wildman–Crippen MR) is 140 cm³/mol. The zero-order valence-electron chi connectivity index (χ0n) is 21.1. The monoisotopic (exact) mass is 474 g/mol. The number of carbonyl (C=O) groups is 1. The van der Waals surface area contributed by atoms with E-state index in [0.717, 1.165) is 71.7 Å². The van der Waals surface area contributed by atoms with Crippen molar-refractivity contribution in [2.24, 2.45) is 11.0 Å². The highest BCUT2D eigenvalue weighted by Gasteiger charge is 2.36. The Bertz CT molecular complexity index is 1020. The highest BCUT2D eigenvalue weighted by Crippen LogP contribution is 2.36. The summed E-state index contributed by atoms with van der Waals surface area (Å²) in [6.07, 6.45) is 8.62. The average Bonchev–Trinajstić information content (AvgIpc) is 3.66. The summed E-state index contributed by atoms with van der Waals surface area (Å²) in [6, 6.07) is 9.84. The van der Waals surface area contributed by atoms with Gasteiger partial charge in [-0.05, 0) is 56.5 Å². The van der Waals surface area contributed by atoms with Gasteiger partial charge in [0.1, 0.15) is 0 Å². The van der Waals surface area contributed by atoms with E-state index in [1.807, 2.05) is 6.21 Å². The molecular formula is C28H38N6O. The van der Waals surface area contributed by atoms with Crippen molar-refractivity contribution in [1.82, 2.24) is 19.7 Å². The Morgan fingerprint density at radius 3 is 2.23 bits per heavy atom. The van der Waals surface area contributed by atoms with E-state index in [-0.39, 0.29) is 0 Å². The van der Waals surface area contributed by atoms with E-state index in [1.54, 1.807) is 0 Å². The average molecular weight is 475 g/mol. The molecule has 2 saturated heterocycles. The first-order chi connectivity index (χ1) is 17.1. The number of piperazine rings is 2. The second-order valence-corrected chi connectivity index (χ2v) is 10.9. The molecule has 186 valence electrons. The molecule has 5 aliphatic rings. The molecule has 1 aromatic carbocycles. The lowest BCUT2D eigenvalue weighted by Crippen LogP contribution is -2.49. The molecular weight excluding hydrogens is 436 g/mol. The molecule has 1 atom stereocenters. The van der Waals surface area contributed by atoms with Gasteiger partial charge in [0, 0.05) is 82.1 Å². The third-order valence-electron chi connectivity index (χ3n) is 8.30. The van der Waals surface area contributed by atoms with Crippen molar-refractivity contribution in [2.45, 2.75) is 38.6 Å². The fraction of sp³-hybridized carbons (Fsp3) is 0.571. The molecule has 0 radical (unpaired) electrons. The lowest BCUT2D eigenvalue weighted by molar-refractivity contribution is -0.134. The van der Waals surface area contributed by atoms with Gasteiger partial charge in [0.15, 0.2) is 0 Å². The maximum atomic E-state index is 12.4. The molecule has 4 aliphatic heterocycles. The van der Waals surface area contributed by atoms with E-state index in [1.165, 1.54) is 22.6 Å². The number of fused-ring (bicyclic) bond motifs is 1. The molecule has 0 spiro atoms. The Balaban J connectivity index is 1.10. The van der Waals surface area contributed by atoms with Crippen LogP contribution in [0.15, 0.2) is 52.9 Å². The Labute approximate surface area is 209 Å². The number of benzene rings is 1. The molecule has 4 heterocycles. The molecule has 0 N–H and O–H groups in total. The van der Waals surface area contributed by atoms with Crippen LogP contribution >= 0.6 is 0 Å². The summed E-state index contributed by atoms with van der Waals surface area (Å²) in [5.74, 6) is 1.02. The van der Waals surface area contributed by atoms with Gasteiger partial charge in [-0.15, -0.1) is 0 Å². The normalized spacial score (nSPS) is 25.2. The van der Waals surface area contributed by atoms with E-state index in [4.69, 9.17) is 0 Å². The van der Waals surface area contributed by atoms with Gasteiger partial charge in [0.2, 0.25) is 5.91 Å². The maximum Gasteiger partial charge on any atom is 0.225 e. The largest absolute Gasteiger partial charge is 0.369 e. The summed E-state index contributed by atoms with van der Waals surface area (Å²) in [4.78, 5) is 22.0. The van der Waals surface area contributed by atoms with Gasteiger partial charge in [-0.2, -0.15) is 5.10 Å². The molecule has 1 aromatic rings. The Morgan fingerprint density at radius 2 is 1.57 bits per heavy atom. The summed E-state index contributed by atoms with van der Waals surface area (Å²) >= 11 is 0. The summed E-state index contributed by atoms with van der Waals surface area (Å²) in [5, 5.41) is 6.81. The van der Waals surface area contributed by atoms with Gasteiger partial charge >= 0.3 is 0 Å². The zero-order chi connectivity index (χ0) is 23.9. The van der Waals surface area contributed by atoms with E-state index >= 15 is 0 Å². The molecule has 6 rings (SSSR count). The van der Waals surface area contributed by atoms with Gasteiger partial charge in [0.05, 0.1) is 17.9 Å². The van der Waals surface area contributed by atoms with Crippen LogP contribution in [0.5, 0.6) is 0 Å². The standard InChI is InChI=1S/C28H38N6O/c1-21(2)30-11-13-31(14-12-30)25-7-5-22(6-8-25)24-19-27-26(9-10-29-34(27)20-24)32-15-17-33(18-16-32)28(35)23-3-4-23/h5-10,19,21,23-24H,3-4,11-18,20H2,1-2H3. The van der Waals surface area contributed by atoms with Gasteiger partial charge in [-0.1, -0.05) is 12.1 Å². The Morgan fingerprint density at radius 1 is 0.886 bits per heavy atom. The fourth-order valence-corrected chi connectivity index (χ4v) is 5.86. The smallest absolute Gasteiger partial charge is 0.225 e. The van der Waals surface area contributed by atoms with Gasteiger partial charge in [0.25, 0.3) is 0 Å². The maximum absolute atomic E-state index is 12.4. The van der Waals surface area contributed by atoms with Crippen molar-refractivity contribution in [1.29, 1.82) is 0 Å². The minimum absolute atomic E-state index is 0.312. The molecule has 1 amide bonds. The quantitative estimate of drug-likeness (QED) is 0.657. The zero-order valence-corrected chi connectivity index (χ0v) is 21.1. The number of rotatable bonds is 5. The summed E-state index contributed by atoms with van der Waals surface area (Å²) in [6.45, 7) is 13.4. The molecule has 1 unspecified atom stereocenters. The van der Waals surface area contributed by atoms with E-state index < -0.39 is 0 Å². The number of carbonyl (C=O) groups excluding carboxylic acids is 1. The molecule has 0 bridgehead atoms. The third kappa shape index (κ3) is 4.58. The summed E-state index contributed by atoms with van der Waals surface area (Å²) in [7, 11) is 0. The third-order valence-corrected chi connectivity index (χ3v) is 8.30. The van der Waals surface area contributed by atoms with Crippen LogP contribution in [0, 0.1) is 5.92 Å². The summed E-state index contributed by atoms with van der Waals surface area (Å²) in [5.41, 5.74) is 5.15. The number of amides is 1. The molecule has 3 fully saturated rings. The molecule has 1 aliphatic carbocycles. The van der Waals surface area contributed by atoms with Crippen LogP contribution in [0.4, 0.5) is 5.69 Å². The predicted octanol–water partition coefficient (Wildman–Crippen LogP) is 2.94. The van der Waals surface area contributed by atoms with Crippen LogP contribution < -0.4 is 4.90 Å². The van der Waals surface area contributed by atoms with E-state index in [9.17, 15) is 4.79 Å². The van der Waals surface area contributed by atoms with Crippen LogP contribution in [0.25, 0.3) is 0 Å². The SMILES string of the molecule is CC(C)N1CCN(c2ccc(C3C=C4C(N5CCN(C(=O)C6CC6)CC5)=CC=NN4C3)cc2)CC1. The first-order valence-electron chi connectivity index (χ1n) is 13.4. The topological polar surface area (TPSA) is 45.6 Å². The first kappa shape index (κ1) is 22.7. The second-order valence-electron chi connectivity index (χ2n) is 10.9. The number of allylic oxidation sites excluding steroid dienone is 1. The number of nitrogens with zero attached hydrogens (tertiary/aromatic N) is 6. The molecule has 7 nitrogen and oxygen atoms in total. The van der Waals surface area contributed by atoms with Crippen LogP contribution in [0.2, 0.25) is 0 Å². The first-order valence-corrected chi connectivity index (χ1v) is 13.4. The Hall–Kier alpha value is -2.80. The number of anilines is 1. The van der Waals surface area contributed by atoms with Gasteiger partial charge in [-0.25, -0.2) is 0 Å². The van der Waals surface area contributed by atoms with Crippen molar-refractivity contribution in [3.05, 3.63) is 53.4 Å². The van der Waals surface area contributed by atoms with Gasteiger partial charge in [-0.3, -0.25) is 14.7 Å². The van der Waals surface area contributed by atoms with Crippen molar-refractivity contribution >= 4 is 17.8 Å². The molecule has 1 saturated carbocycles. The Kier molecular flexibility index (Phi) is 6.04.